The second-order valence-corrected chi connectivity index (χ2v) is 5.78. The van der Waals surface area contributed by atoms with E-state index in [0.29, 0.717) is 0 Å². The molecule has 26 heavy (non-hydrogen) atoms. The number of rotatable bonds is 6. The molecule has 0 spiro atoms. The van der Waals surface area contributed by atoms with Crippen LogP contribution in [0.2, 0.25) is 0 Å². The van der Waals surface area contributed by atoms with E-state index in [2.05, 4.69) is 4.98 Å². The number of hydrogen-bond acceptors (Lipinski definition) is 4. The molecular weight excluding hydrogens is 326 g/mol. The molecule has 0 aliphatic heterocycles. The molecule has 0 saturated heterocycles. The fourth-order valence-electron chi connectivity index (χ4n) is 2.52. The third kappa shape index (κ3) is 4.51. The van der Waals surface area contributed by atoms with Crippen LogP contribution in [0.25, 0.3) is 23.1 Å². The van der Waals surface area contributed by atoms with Gasteiger partial charge in [-0.1, -0.05) is 42.5 Å². The van der Waals surface area contributed by atoms with E-state index >= 15 is 0 Å². The molecule has 0 saturated carbocycles. The first-order valence-corrected chi connectivity index (χ1v) is 8.16. The molecule has 0 radical (unpaired) electrons. The lowest BCUT2D eigenvalue weighted by molar-refractivity contribution is -0.121. The van der Waals surface area contributed by atoms with E-state index in [1.54, 1.807) is 30.5 Å². The largest absolute Gasteiger partial charge is 0.508 e. The Balaban J connectivity index is 1.63. The lowest BCUT2D eigenvalue weighted by Crippen LogP contribution is -2.01. The minimum Gasteiger partial charge on any atom is -0.508 e. The van der Waals surface area contributed by atoms with Gasteiger partial charge in [0.15, 0.2) is 11.6 Å². The molecule has 4 heteroatoms. The maximum absolute atomic E-state index is 12.0. The highest BCUT2D eigenvalue weighted by atomic mass is 16.3. The minimum absolute atomic E-state index is 0.164. The molecular formula is C22H17NO3. The van der Waals surface area contributed by atoms with E-state index in [9.17, 15) is 14.7 Å². The smallest absolute Gasteiger partial charge is 0.163 e. The van der Waals surface area contributed by atoms with Gasteiger partial charge in [0.25, 0.3) is 0 Å². The van der Waals surface area contributed by atoms with Crippen LogP contribution in [0.15, 0.2) is 72.9 Å². The zero-order valence-electron chi connectivity index (χ0n) is 14.0. The standard InChI is InChI=1S/C22H17NO3/c24-18-10-6-16(7-11-18)8-12-19(25)15-20(26)13-9-17-3-1-5-22-21(17)4-2-14-23-22/h1-14,24H,15H2. The molecule has 1 heterocycles. The van der Waals surface area contributed by atoms with Crippen molar-refractivity contribution in [2.75, 3.05) is 0 Å². The quantitative estimate of drug-likeness (QED) is 0.538. The molecule has 0 unspecified atom stereocenters. The zero-order valence-corrected chi connectivity index (χ0v) is 14.0. The van der Waals surface area contributed by atoms with Crippen molar-refractivity contribution in [3.8, 4) is 5.75 Å². The SMILES string of the molecule is O=C(C=Cc1ccc(O)cc1)CC(=O)C=Cc1cccc2ncccc12. The van der Waals surface area contributed by atoms with E-state index in [0.717, 1.165) is 22.0 Å². The van der Waals surface area contributed by atoms with Gasteiger partial charge in [-0.05, 0) is 47.5 Å². The molecule has 2 aromatic carbocycles. The molecule has 0 atom stereocenters. The van der Waals surface area contributed by atoms with Gasteiger partial charge < -0.3 is 5.11 Å². The Morgan fingerprint density at radius 3 is 2.38 bits per heavy atom. The highest BCUT2D eigenvalue weighted by molar-refractivity contribution is 6.11. The lowest BCUT2D eigenvalue weighted by Gasteiger charge is -2.00. The number of ketones is 2. The van der Waals surface area contributed by atoms with Gasteiger partial charge in [-0.3, -0.25) is 14.6 Å². The van der Waals surface area contributed by atoms with Crippen LogP contribution >= 0.6 is 0 Å². The fourth-order valence-corrected chi connectivity index (χ4v) is 2.52. The summed E-state index contributed by atoms with van der Waals surface area (Å²) in [4.78, 5) is 28.2. The number of pyridine rings is 1. The maximum Gasteiger partial charge on any atom is 0.163 e. The van der Waals surface area contributed by atoms with Crippen molar-refractivity contribution in [3.05, 3.63) is 84.1 Å². The number of allylic oxidation sites excluding steroid dienone is 2. The summed E-state index contributed by atoms with van der Waals surface area (Å²) >= 11 is 0. The van der Waals surface area contributed by atoms with Crippen LogP contribution in [-0.2, 0) is 9.59 Å². The van der Waals surface area contributed by atoms with Gasteiger partial charge in [-0.2, -0.15) is 0 Å². The highest BCUT2D eigenvalue weighted by Crippen LogP contribution is 2.17. The van der Waals surface area contributed by atoms with Crippen molar-refractivity contribution in [3.63, 3.8) is 0 Å². The molecule has 128 valence electrons. The van der Waals surface area contributed by atoms with Crippen molar-refractivity contribution in [2.45, 2.75) is 6.42 Å². The van der Waals surface area contributed by atoms with Crippen molar-refractivity contribution in [1.29, 1.82) is 0 Å². The number of aromatic hydroxyl groups is 1. The molecule has 3 aromatic rings. The van der Waals surface area contributed by atoms with Crippen molar-refractivity contribution in [1.82, 2.24) is 4.98 Å². The summed E-state index contributed by atoms with van der Waals surface area (Å²) in [7, 11) is 0. The van der Waals surface area contributed by atoms with Crippen LogP contribution in [0.4, 0.5) is 0 Å². The first kappa shape index (κ1) is 17.3. The predicted molar refractivity (Wildman–Crippen MR) is 103 cm³/mol. The molecule has 0 bridgehead atoms. The fraction of sp³-hybridized carbons (Fsp3) is 0.0455. The predicted octanol–water partition coefficient (Wildman–Crippen LogP) is 4.20. The number of phenols is 1. The van der Waals surface area contributed by atoms with E-state index in [1.807, 2.05) is 30.3 Å². The van der Waals surface area contributed by atoms with Crippen LogP contribution in [0.3, 0.4) is 0 Å². The average molecular weight is 343 g/mol. The first-order valence-electron chi connectivity index (χ1n) is 8.16. The van der Waals surface area contributed by atoms with Gasteiger partial charge in [0.1, 0.15) is 5.75 Å². The monoisotopic (exact) mass is 343 g/mol. The summed E-state index contributed by atoms with van der Waals surface area (Å²) in [5.41, 5.74) is 2.52. The van der Waals surface area contributed by atoms with Crippen LogP contribution < -0.4 is 0 Å². The second kappa shape index (κ2) is 8.03. The number of benzene rings is 2. The summed E-state index contributed by atoms with van der Waals surface area (Å²) in [5.74, 6) is -0.365. The van der Waals surface area contributed by atoms with Gasteiger partial charge in [-0.25, -0.2) is 0 Å². The Bertz CT molecular complexity index is 996. The Hall–Kier alpha value is -3.53. The Kier molecular flexibility index (Phi) is 5.34. The van der Waals surface area contributed by atoms with Crippen LogP contribution in [0.5, 0.6) is 5.75 Å². The summed E-state index contributed by atoms with van der Waals surface area (Å²) in [6.07, 6.45) is 7.67. The number of carbonyl (C=O) groups excluding carboxylic acids is 2. The lowest BCUT2D eigenvalue weighted by atomic mass is 10.1. The summed E-state index contributed by atoms with van der Waals surface area (Å²) in [6, 6.07) is 15.9. The summed E-state index contributed by atoms with van der Waals surface area (Å²) < 4.78 is 0. The van der Waals surface area contributed by atoms with Gasteiger partial charge in [0, 0.05) is 11.6 Å². The van der Waals surface area contributed by atoms with E-state index in [1.165, 1.54) is 24.3 Å². The Labute approximate surface area is 151 Å². The molecule has 0 amide bonds. The van der Waals surface area contributed by atoms with Gasteiger partial charge in [0.2, 0.25) is 0 Å². The minimum atomic E-state index is -0.271. The van der Waals surface area contributed by atoms with E-state index in [-0.39, 0.29) is 23.7 Å². The second-order valence-electron chi connectivity index (χ2n) is 5.78. The summed E-state index contributed by atoms with van der Waals surface area (Å²) in [5, 5.41) is 10.2. The molecule has 3 rings (SSSR count). The number of carbonyl (C=O) groups is 2. The third-order valence-corrected chi connectivity index (χ3v) is 3.83. The number of phenolic OH excluding ortho intramolecular Hbond substituents is 1. The number of aromatic nitrogens is 1. The average Bonchev–Trinajstić information content (AvgIpc) is 2.66. The zero-order chi connectivity index (χ0) is 18.4. The van der Waals surface area contributed by atoms with E-state index in [4.69, 9.17) is 0 Å². The number of hydrogen-bond donors (Lipinski definition) is 1. The molecule has 0 aliphatic carbocycles. The molecule has 0 aliphatic rings. The van der Waals surface area contributed by atoms with Gasteiger partial charge in [-0.15, -0.1) is 0 Å². The van der Waals surface area contributed by atoms with E-state index < -0.39 is 0 Å². The van der Waals surface area contributed by atoms with Crippen LogP contribution in [-0.4, -0.2) is 21.7 Å². The number of fused-ring (bicyclic) bond motifs is 1. The molecule has 0 fully saturated rings. The highest BCUT2D eigenvalue weighted by Gasteiger charge is 2.04. The molecule has 1 N–H and O–H groups in total. The Morgan fingerprint density at radius 1 is 0.885 bits per heavy atom. The third-order valence-electron chi connectivity index (χ3n) is 3.83. The summed E-state index contributed by atoms with van der Waals surface area (Å²) in [6.45, 7) is 0. The van der Waals surface area contributed by atoms with Gasteiger partial charge in [0.05, 0.1) is 11.9 Å². The Morgan fingerprint density at radius 2 is 1.62 bits per heavy atom. The van der Waals surface area contributed by atoms with Gasteiger partial charge >= 0.3 is 0 Å². The van der Waals surface area contributed by atoms with Crippen molar-refractivity contribution in [2.24, 2.45) is 0 Å². The molecule has 4 nitrogen and oxygen atoms in total. The first-order chi connectivity index (χ1) is 12.6. The normalized spacial score (nSPS) is 11.4. The topological polar surface area (TPSA) is 67.3 Å². The maximum atomic E-state index is 12.0. The van der Waals surface area contributed by atoms with Crippen LogP contribution in [0, 0.1) is 0 Å². The van der Waals surface area contributed by atoms with Crippen LogP contribution in [0.1, 0.15) is 17.5 Å². The van der Waals surface area contributed by atoms with Crippen molar-refractivity contribution < 1.29 is 14.7 Å². The number of nitrogens with zero attached hydrogens (tertiary/aromatic N) is 1. The molecule has 1 aromatic heterocycles. The van der Waals surface area contributed by atoms with Crippen molar-refractivity contribution >= 4 is 34.6 Å².